The highest BCUT2D eigenvalue weighted by Crippen LogP contribution is 2.32. The Morgan fingerprint density at radius 1 is 0.885 bits per heavy atom. The summed E-state index contributed by atoms with van der Waals surface area (Å²) in [7, 11) is 0. The first-order valence-electron chi connectivity index (χ1n) is 8.13. The number of rotatable bonds is 6. The highest BCUT2D eigenvalue weighted by molar-refractivity contribution is 7.99. The summed E-state index contributed by atoms with van der Waals surface area (Å²) in [6.07, 6.45) is 2.22. The predicted octanol–water partition coefficient (Wildman–Crippen LogP) is 5.27. The summed E-state index contributed by atoms with van der Waals surface area (Å²) in [6, 6.07) is 24.7. The quantitative estimate of drug-likeness (QED) is 0.347. The highest BCUT2D eigenvalue weighted by Gasteiger charge is 2.08. The van der Waals surface area contributed by atoms with Gasteiger partial charge in [0, 0.05) is 14.7 Å². The molecule has 0 unspecified atom stereocenters. The monoisotopic (exact) mass is 381 g/mol. The van der Waals surface area contributed by atoms with Crippen molar-refractivity contribution in [1.29, 1.82) is 0 Å². The number of hydroxylamine groups is 1. The third kappa shape index (κ3) is 4.69. The third-order valence-corrected chi connectivity index (χ3v) is 5.82. The number of thioether (sulfide) groups is 1. The van der Waals surface area contributed by atoms with Crippen LogP contribution in [0, 0.1) is 0 Å². The number of hydrogen-bond donors (Lipinski definition) is 2. The third-order valence-electron chi connectivity index (χ3n) is 3.95. The van der Waals surface area contributed by atoms with Crippen molar-refractivity contribution in [2.75, 3.05) is 6.26 Å². The van der Waals surface area contributed by atoms with Gasteiger partial charge in [0.2, 0.25) is 5.91 Å². The number of benzene rings is 3. The van der Waals surface area contributed by atoms with Crippen LogP contribution < -0.4 is 5.48 Å². The number of hydrogen-bond acceptors (Lipinski definition) is 4. The van der Waals surface area contributed by atoms with Crippen molar-refractivity contribution in [2.24, 2.45) is 0 Å². The van der Waals surface area contributed by atoms with Crippen LogP contribution in [0.5, 0.6) is 0 Å². The van der Waals surface area contributed by atoms with Gasteiger partial charge in [-0.05, 0) is 53.3 Å². The lowest BCUT2D eigenvalue weighted by Gasteiger charge is -2.09. The van der Waals surface area contributed by atoms with Gasteiger partial charge in [-0.3, -0.25) is 10.0 Å². The van der Waals surface area contributed by atoms with Crippen molar-refractivity contribution in [2.45, 2.75) is 21.1 Å². The first-order chi connectivity index (χ1) is 12.7. The summed E-state index contributed by atoms with van der Waals surface area (Å²) in [5.41, 5.74) is 4.95. The molecule has 132 valence electrons. The Labute approximate surface area is 161 Å². The molecule has 0 spiro atoms. The molecule has 0 aromatic heterocycles. The minimum absolute atomic E-state index is 0.152. The van der Waals surface area contributed by atoms with E-state index in [1.165, 1.54) is 16.0 Å². The van der Waals surface area contributed by atoms with Gasteiger partial charge in [-0.25, -0.2) is 5.48 Å². The summed E-state index contributed by atoms with van der Waals surface area (Å²) in [5, 5.41) is 8.74. The first-order valence-corrected chi connectivity index (χ1v) is 10.2. The van der Waals surface area contributed by atoms with Crippen LogP contribution in [0.4, 0.5) is 0 Å². The molecule has 0 heterocycles. The fourth-order valence-corrected chi connectivity index (χ4v) is 3.94. The molecule has 5 heteroatoms. The van der Waals surface area contributed by atoms with E-state index in [0.29, 0.717) is 0 Å². The number of nitrogens with one attached hydrogen (secondary N) is 1. The lowest BCUT2D eigenvalue weighted by atomic mass is 10.1. The van der Waals surface area contributed by atoms with Crippen LogP contribution in [0.25, 0.3) is 11.1 Å². The Balaban J connectivity index is 1.76. The molecule has 0 fully saturated rings. The van der Waals surface area contributed by atoms with Crippen molar-refractivity contribution >= 4 is 29.4 Å². The molecule has 0 atom stereocenters. The molecule has 0 bridgehead atoms. The van der Waals surface area contributed by atoms with Crippen molar-refractivity contribution in [3.8, 4) is 11.1 Å². The first kappa shape index (κ1) is 18.6. The molecule has 0 aliphatic rings. The van der Waals surface area contributed by atoms with Crippen molar-refractivity contribution < 1.29 is 10.0 Å². The van der Waals surface area contributed by atoms with Gasteiger partial charge in [-0.2, -0.15) is 0 Å². The van der Waals surface area contributed by atoms with Gasteiger partial charge in [0.1, 0.15) is 0 Å². The summed E-state index contributed by atoms with van der Waals surface area (Å²) in [5.74, 6) is -0.415. The fraction of sp³-hybridized carbons (Fsp3) is 0.0952. The van der Waals surface area contributed by atoms with Gasteiger partial charge in [-0.15, -0.1) is 11.8 Å². The number of carbonyl (C=O) groups is 1. The molecule has 26 heavy (non-hydrogen) atoms. The lowest BCUT2D eigenvalue weighted by molar-refractivity contribution is -0.128. The Kier molecular flexibility index (Phi) is 6.39. The lowest BCUT2D eigenvalue weighted by Crippen LogP contribution is -2.20. The second-order valence-electron chi connectivity index (χ2n) is 5.67. The summed E-state index contributed by atoms with van der Waals surface area (Å²) in [4.78, 5) is 14.8. The standard InChI is InChI=1S/C21H19NO2S2/c1-25-18-10-6-15(7-11-18)16-8-12-19(13-9-16)26-20-5-3-2-4-17(20)14-21(23)22-24/h2-13,24H,14H2,1H3,(H,22,23). The molecule has 2 N–H and O–H groups in total. The normalized spacial score (nSPS) is 10.5. The summed E-state index contributed by atoms with van der Waals surface area (Å²) >= 11 is 3.35. The molecule has 0 radical (unpaired) electrons. The highest BCUT2D eigenvalue weighted by atomic mass is 32.2. The smallest absolute Gasteiger partial charge is 0.247 e. The second-order valence-corrected chi connectivity index (χ2v) is 7.67. The van der Waals surface area contributed by atoms with Crippen LogP contribution >= 0.6 is 23.5 Å². The van der Waals surface area contributed by atoms with E-state index >= 15 is 0 Å². The Morgan fingerprint density at radius 3 is 2.04 bits per heavy atom. The molecule has 0 saturated carbocycles. The van der Waals surface area contributed by atoms with Gasteiger partial charge in [0.15, 0.2) is 0 Å². The maximum absolute atomic E-state index is 11.5. The van der Waals surface area contributed by atoms with Gasteiger partial charge in [-0.1, -0.05) is 54.2 Å². The Hall–Kier alpha value is -2.21. The van der Waals surface area contributed by atoms with Gasteiger partial charge in [0.05, 0.1) is 6.42 Å². The van der Waals surface area contributed by atoms with E-state index in [2.05, 4.69) is 54.8 Å². The molecule has 3 rings (SSSR count). The van der Waals surface area contributed by atoms with Crippen LogP contribution in [-0.4, -0.2) is 17.4 Å². The Morgan fingerprint density at radius 2 is 1.46 bits per heavy atom. The van der Waals surface area contributed by atoms with Crippen LogP contribution in [-0.2, 0) is 11.2 Å². The van der Waals surface area contributed by atoms with E-state index in [0.717, 1.165) is 15.4 Å². The molecule has 1 amide bonds. The van der Waals surface area contributed by atoms with E-state index in [-0.39, 0.29) is 6.42 Å². The van der Waals surface area contributed by atoms with Gasteiger partial charge >= 0.3 is 0 Å². The summed E-state index contributed by atoms with van der Waals surface area (Å²) < 4.78 is 0. The molecule has 0 aliphatic carbocycles. The molecular weight excluding hydrogens is 362 g/mol. The largest absolute Gasteiger partial charge is 0.289 e. The zero-order valence-electron chi connectivity index (χ0n) is 14.3. The van der Waals surface area contributed by atoms with Gasteiger partial charge in [0.25, 0.3) is 0 Å². The van der Waals surface area contributed by atoms with Gasteiger partial charge < -0.3 is 0 Å². The van der Waals surface area contributed by atoms with Crippen molar-refractivity contribution in [1.82, 2.24) is 5.48 Å². The molecule has 0 saturated heterocycles. The molecule has 0 aliphatic heterocycles. The topological polar surface area (TPSA) is 49.3 Å². The van der Waals surface area contributed by atoms with E-state index in [1.54, 1.807) is 29.0 Å². The maximum atomic E-state index is 11.5. The second kappa shape index (κ2) is 8.94. The zero-order valence-corrected chi connectivity index (χ0v) is 15.9. The molecular formula is C21H19NO2S2. The Bertz CT molecular complexity index is 877. The fourth-order valence-electron chi connectivity index (χ4n) is 2.59. The van der Waals surface area contributed by atoms with Crippen LogP contribution in [0.2, 0.25) is 0 Å². The summed E-state index contributed by atoms with van der Waals surface area (Å²) in [6.45, 7) is 0. The van der Waals surface area contributed by atoms with Crippen molar-refractivity contribution in [3.05, 3.63) is 78.4 Å². The minimum Gasteiger partial charge on any atom is -0.289 e. The van der Waals surface area contributed by atoms with Crippen LogP contribution in [0.3, 0.4) is 0 Å². The molecule has 3 aromatic carbocycles. The average Bonchev–Trinajstić information content (AvgIpc) is 2.70. The van der Waals surface area contributed by atoms with Crippen molar-refractivity contribution in [3.63, 3.8) is 0 Å². The van der Waals surface area contributed by atoms with E-state index in [9.17, 15) is 4.79 Å². The van der Waals surface area contributed by atoms with Crippen LogP contribution in [0.1, 0.15) is 5.56 Å². The number of carbonyl (C=O) groups excluding carboxylic acids is 1. The van der Waals surface area contributed by atoms with Crippen LogP contribution in [0.15, 0.2) is 87.5 Å². The average molecular weight is 382 g/mol. The predicted molar refractivity (Wildman–Crippen MR) is 108 cm³/mol. The maximum Gasteiger partial charge on any atom is 0.247 e. The molecule has 3 nitrogen and oxygen atoms in total. The zero-order chi connectivity index (χ0) is 18.4. The van der Waals surface area contributed by atoms with E-state index < -0.39 is 5.91 Å². The SMILES string of the molecule is CSc1ccc(-c2ccc(Sc3ccccc3CC(=O)NO)cc2)cc1. The number of amides is 1. The van der Waals surface area contributed by atoms with E-state index in [1.807, 2.05) is 24.3 Å². The molecule has 3 aromatic rings. The minimum atomic E-state index is -0.415. The van der Waals surface area contributed by atoms with E-state index in [4.69, 9.17) is 5.21 Å².